The van der Waals surface area contributed by atoms with Crippen molar-refractivity contribution in [3.8, 4) is 0 Å². The molecule has 2 aliphatic heterocycles. The Hall–Kier alpha value is -3.46. The molecule has 0 saturated carbocycles. The highest BCUT2D eigenvalue weighted by Gasteiger charge is 2.42. The van der Waals surface area contributed by atoms with Crippen LogP contribution in [0.5, 0.6) is 0 Å². The number of carbonyl (C=O) groups is 2. The van der Waals surface area contributed by atoms with Gasteiger partial charge in [0.05, 0.1) is 23.8 Å². The van der Waals surface area contributed by atoms with Crippen molar-refractivity contribution in [3.05, 3.63) is 100 Å². The van der Waals surface area contributed by atoms with E-state index in [0.717, 1.165) is 23.2 Å². The van der Waals surface area contributed by atoms with Crippen molar-refractivity contribution in [1.82, 2.24) is 15.9 Å². The number of hydrogen-bond donors (Lipinski definition) is 3. The Morgan fingerprint density at radius 2 is 1.69 bits per heavy atom. The quantitative estimate of drug-likeness (QED) is 0.422. The Balaban J connectivity index is 1.48. The van der Waals surface area contributed by atoms with Crippen LogP contribution in [0.4, 0.5) is 5.69 Å². The first-order valence-electron chi connectivity index (χ1n) is 11.8. The lowest BCUT2D eigenvalue weighted by Crippen LogP contribution is -2.44. The van der Waals surface area contributed by atoms with Crippen LogP contribution in [0.2, 0.25) is 0 Å². The Bertz CT molecular complexity index is 1180. The largest absolute Gasteiger partial charge is 0.481 e. The number of para-hydroxylation sites is 1. The lowest BCUT2D eigenvalue weighted by Gasteiger charge is -2.28. The molecule has 3 heterocycles. The summed E-state index contributed by atoms with van der Waals surface area (Å²) in [5, 5.41) is 14.8. The van der Waals surface area contributed by atoms with E-state index in [1.165, 1.54) is 4.88 Å². The SMILES string of the molecule is O=C(O)CCCC(=O)N1NC(c2cccs2)CC1C1=CN(c2ccccc2)NC1c1ccccc1. The van der Waals surface area contributed by atoms with Crippen LogP contribution in [0.15, 0.2) is 89.9 Å². The van der Waals surface area contributed by atoms with E-state index in [4.69, 9.17) is 5.11 Å². The number of amides is 1. The molecular weight excluding hydrogens is 460 g/mol. The fraction of sp³-hybridized carbons (Fsp3) is 0.259. The first-order chi connectivity index (χ1) is 17.1. The molecule has 1 saturated heterocycles. The molecule has 8 heteroatoms. The van der Waals surface area contributed by atoms with Crippen molar-refractivity contribution in [2.24, 2.45) is 0 Å². The number of hydrazine groups is 2. The summed E-state index contributed by atoms with van der Waals surface area (Å²) >= 11 is 1.67. The van der Waals surface area contributed by atoms with E-state index in [0.29, 0.717) is 6.42 Å². The minimum absolute atomic E-state index is 0.0166. The van der Waals surface area contributed by atoms with Crippen LogP contribution in [0, 0.1) is 0 Å². The molecule has 35 heavy (non-hydrogen) atoms. The molecule has 7 nitrogen and oxygen atoms in total. The molecule has 2 aromatic carbocycles. The average molecular weight is 489 g/mol. The summed E-state index contributed by atoms with van der Waals surface area (Å²) < 4.78 is 0. The maximum atomic E-state index is 13.3. The second kappa shape index (κ2) is 10.4. The Morgan fingerprint density at radius 3 is 2.37 bits per heavy atom. The topological polar surface area (TPSA) is 84.9 Å². The molecule has 3 unspecified atom stereocenters. The lowest BCUT2D eigenvalue weighted by atomic mass is 9.92. The molecule has 180 valence electrons. The summed E-state index contributed by atoms with van der Waals surface area (Å²) in [7, 11) is 0. The van der Waals surface area contributed by atoms with Crippen LogP contribution in [-0.4, -0.2) is 28.0 Å². The van der Waals surface area contributed by atoms with Crippen LogP contribution in [0.1, 0.15) is 48.2 Å². The van der Waals surface area contributed by atoms with E-state index in [2.05, 4.69) is 35.3 Å². The molecule has 3 aromatic rings. The Kier molecular flexibility index (Phi) is 6.94. The molecule has 1 amide bonds. The first-order valence-corrected chi connectivity index (χ1v) is 12.7. The number of nitrogens with zero attached hydrogens (tertiary/aromatic N) is 2. The number of anilines is 1. The van der Waals surface area contributed by atoms with Crippen LogP contribution in [-0.2, 0) is 9.59 Å². The lowest BCUT2D eigenvalue weighted by molar-refractivity contribution is -0.137. The van der Waals surface area contributed by atoms with E-state index in [9.17, 15) is 9.59 Å². The summed E-state index contributed by atoms with van der Waals surface area (Å²) in [6, 6.07) is 24.2. The third-order valence-corrected chi connectivity index (χ3v) is 7.42. The number of aliphatic carboxylic acids is 1. The molecule has 1 aromatic heterocycles. The molecule has 3 N–H and O–H groups in total. The van der Waals surface area contributed by atoms with E-state index in [1.54, 1.807) is 16.3 Å². The van der Waals surface area contributed by atoms with E-state index in [1.807, 2.05) is 65.0 Å². The van der Waals surface area contributed by atoms with Gasteiger partial charge in [-0.2, -0.15) is 0 Å². The second-order valence-electron chi connectivity index (χ2n) is 8.77. The van der Waals surface area contributed by atoms with Crippen molar-refractivity contribution in [1.29, 1.82) is 0 Å². The fourth-order valence-electron chi connectivity index (χ4n) is 4.75. The zero-order chi connectivity index (χ0) is 24.2. The summed E-state index contributed by atoms with van der Waals surface area (Å²) in [4.78, 5) is 25.5. The van der Waals surface area contributed by atoms with Gasteiger partial charge in [-0.05, 0) is 47.6 Å². The van der Waals surface area contributed by atoms with Gasteiger partial charge >= 0.3 is 5.97 Å². The van der Waals surface area contributed by atoms with Gasteiger partial charge in [0.25, 0.3) is 0 Å². The Morgan fingerprint density at radius 1 is 0.943 bits per heavy atom. The second-order valence-corrected chi connectivity index (χ2v) is 9.75. The summed E-state index contributed by atoms with van der Waals surface area (Å²) in [5.74, 6) is -0.966. The number of carboxylic acid groups (broad SMARTS) is 1. The molecule has 0 bridgehead atoms. The summed E-state index contributed by atoms with van der Waals surface area (Å²) in [6.45, 7) is 0. The summed E-state index contributed by atoms with van der Waals surface area (Å²) in [6.07, 6.45) is 3.33. The first kappa shape index (κ1) is 23.3. The highest BCUT2D eigenvalue weighted by atomic mass is 32.1. The van der Waals surface area contributed by atoms with Crippen molar-refractivity contribution >= 4 is 28.9 Å². The minimum atomic E-state index is -0.884. The van der Waals surface area contributed by atoms with Gasteiger partial charge in [-0.15, -0.1) is 11.3 Å². The average Bonchev–Trinajstić information content (AvgIpc) is 3.64. The van der Waals surface area contributed by atoms with Crippen LogP contribution in [0.3, 0.4) is 0 Å². The predicted molar refractivity (Wildman–Crippen MR) is 136 cm³/mol. The molecule has 5 rings (SSSR count). The van der Waals surface area contributed by atoms with Gasteiger partial charge in [-0.3, -0.25) is 19.6 Å². The van der Waals surface area contributed by atoms with E-state index < -0.39 is 5.97 Å². The van der Waals surface area contributed by atoms with Crippen molar-refractivity contribution in [2.45, 2.75) is 43.8 Å². The Labute approximate surface area is 208 Å². The minimum Gasteiger partial charge on any atom is -0.481 e. The van der Waals surface area contributed by atoms with E-state index in [-0.39, 0.29) is 36.9 Å². The van der Waals surface area contributed by atoms with Gasteiger partial charge in [0.2, 0.25) is 5.91 Å². The molecule has 0 aliphatic carbocycles. The number of benzene rings is 2. The monoisotopic (exact) mass is 488 g/mol. The maximum Gasteiger partial charge on any atom is 0.303 e. The predicted octanol–water partition coefficient (Wildman–Crippen LogP) is 4.80. The number of thiophene rings is 1. The molecule has 0 radical (unpaired) electrons. The molecular formula is C27H28N4O3S. The van der Waals surface area contributed by atoms with Crippen LogP contribution >= 0.6 is 11.3 Å². The van der Waals surface area contributed by atoms with Crippen LogP contribution < -0.4 is 15.9 Å². The molecule has 0 spiro atoms. The molecule has 1 fully saturated rings. The normalized spacial score (nSPS) is 21.8. The van der Waals surface area contributed by atoms with E-state index >= 15 is 0 Å². The third kappa shape index (κ3) is 5.14. The smallest absolute Gasteiger partial charge is 0.303 e. The van der Waals surface area contributed by atoms with Gasteiger partial charge < -0.3 is 5.11 Å². The highest BCUT2D eigenvalue weighted by Crippen LogP contribution is 2.40. The number of carboxylic acids is 1. The van der Waals surface area contributed by atoms with Crippen molar-refractivity contribution < 1.29 is 14.7 Å². The molecule has 3 atom stereocenters. The van der Waals surface area contributed by atoms with Gasteiger partial charge in [-0.1, -0.05) is 54.6 Å². The van der Waals surface area contributed by atoms with Gasteiger partial charge in [0.1, 0.15) is 0 Å². The van der Waals surface area contributed by atoms with Gasteiger partial charge in [0, 0.05) is 23.9 Å². The van der Waals surface area contributed by atoms with Gasteiger partial charge in [-0.25, -0.2) is 10.9 Å². The number of carbonyl (C=O) groups excluding carboxylic acids is 1. The zero-order valence-electron chi connectivity index (χ0n) is 19.2. The van der Waals surface area contributed by atoms with Crippen LogP contribution in [0.25, 0.3) is 0 Å². The highest BCUT2D eigenvalue weighted by molar-refractivity contribution is 7.10. The standard InChI is InChI=1S/C27H28N4O3S/c32-25(14-7-15-26(33)34)31-23(17-22(28-31)24-13-8-16-35-24)21-18-30(20-11-5-2-6-12-20)29-27(21)19-9-3-1-4-10-19/h1-6,8-13,16,18,22-23,27-29H,7,14-15,17H2,(H,33,34). The van der Waals surface area contributed by atoms with Gasteiger partial charge in [0.15, 0.2) is 0 Å². The molecule has 2 aliphatic rings. The fourth-order valence-corrected chi connectivity index (χ4v) is 5.54. The third-order valence-electron chi connectivity index (χ3n) is 6.43. The number of rotatable bonds is 8. The zero-order valence-corrected chi connectivity index (χ0v) is 20.0. The van der Waals surface area contributed by atoms with Crippen molar-refractivity contribution in [2.75, 3.05) is 5.01 Å². The van der Waals surface area contributed by atoms with Crippen molar-refractivity contribution in [3.63, 3.8) is 0 Å². The number of nitrogens with one attached hydrogen (secondary N) is 2. The summed E-state index contributed by atoms with van der Waals surface area (Å²) in [5.41, 5.74) is 10.3. The number of hydrogen-bond acceptors (Lipinski definition) is 6. The maximum absolute atomic E-state index is 13.3.